The van der Waals surface area contributed by atoms with Gasteiger partial charge in [-0.1, -0.05) is 0 Å². The number of furan rings is 1. The first-order chi connectivity index (χ1) is 12.3. The van der Waals surface area contributed by atoms with Crippen LogP contribution in [0.2, 0.25) is 0 Å². The van der Waals surface area contributed by atoms with Crippen LogP contribution in [0.1, 0.15) is 29.5 Å². The fourth-order valence-electron chi connectivity index (χ4n) is 4.25. The van der Waals surface area contributed by atoms with Crippen LogP contribution in [-0.4, -0.2) is 56.0 Å². The van der Waals surface area contributed by atoms with E-state index in [9.17, 15) is 13.2 Å². The van der Waals surface area contributed by atoms with Gasteiger partial charge in [0.2, 0.25) is 5.91 Å². The molecular formula is C19H24N2O4S. The van der Waals surface area contributed by atoms with E-state index in [4.69, 9.17) is 4.42 Å². The molecule has 0 saturated carbocycles. The first-order valence-corrected chi connectivity index (χ1v) is 10.9. The van der Waals surface area contributed by atoms with Gasteiger partial charge in [0, 0.05) is 25.0 Å². The van der Waals surface area contributed by atoms with Gasteiger partial charge in [-0.2, -0.15) is 0 Å². The van der Waals surface area contributed by atoms with Crippen molar-refractivity contribution >= 4 is 26.7 Å². The number of aryl methyl sites for hydroxylation is 2. The molecule has 1 atom stereocenters. The van der Waals surface area contributed by atoms with E-state index in [0.29, 0.717) is 6.42 Å². The Bertz CT molecular complexity index is 961. The number of fused-ring (bicyclic) bond motifs is 2. The van der Waals surface area contributed by atoms with Gasteiger partial charge < -0.3 is 4.42 Å². The summed E-state index contributed by atoms with van der Waals surface area (Å²) in [6.07, 6.45) is 5.70. The SMILES string of the molecule is CN(C)N(C(=O)Cc1coc2cc3c(cc12)CCC3)C1CCS(=O)(=O)C1. The zero-order valence-corrected chi connectivity index (χ0v) is 16.0. The quantitative estimate of drug-likeness (QED) is 0.763. The highest BCUT2D eigenvalue weighted by molar-refractivity contribution is 7.91. The highest BCUT2D eigenvalue weighted by atomic mass is 32.2. The van der Waals surface area contributed by atoms with Crippen LogP contribution in [0.5, 0.6) is 0 Å². The van der Waals surface area contributed by atoms with Crippen molar-refractivity contribution in [1.82, 2.24) is 10.0 Å². The van der Waals surface area contributed by atoms with Gasteiger partial charge in [-0.05, 0) is 48.9 Å². The molecule has 4 rings (SSSR count). The molecule has 1 unspecified atom stereocenters. The Kier molecular flexibility index (Phi) is 4.31. The standard InChI is InChI=1S/C19H24N2O4S/c1-20(2)21(16-6-7-26(23,24)12-16)19(22)10-15-11-25-18-9-14-5-3-4-13(14)8-17(15)18/h8-9,11,16H,3-7,10,12H2,1-2H3. The molecule has 0 spiro atoms. The van der Waals surface area contributed by atoms with E-state index in [0.717, 1.165) is 29.4 Å². The van der Waals surface area contributed by atoms with Crippen molar-refractivity contribution < 1.29 is 17.6 Å². The van der Waals surface area contributed by atoms with Crippen LogP contribution in [-0.2, 0) is 33.9 Å². The molecular weight excluding hydrogens is 352 g/mol. The van der Waals surface area contributed by atoms with Crippen LogP contribution < -0.4 is 0 Å². The number of hydrogen-bond donors (Lipinski definition) is 0. The van der Waals surface area contributed by atoms with Gasteiger partial charge in [-0.3, -0.25) is 9.80 Å². The number of amides is 1. The summed E-state index contributed by atoms with van der Waals surface area (Å²) in [5, 5.41) is 4.29. The summed E-state index contributed by atoms with van der Waals surface area (Å²) in [5.41, 5.74) is 4.38. The van der Waals surface area contributed by atoms with E-state index in [1.165, 1.54) is 17.5 Å². The lowest BCUT2D eigenvalue weighted by atomic mass is 10.0. The van der Waals surface area contributed by atoms with Crippen LogP contribution >= 0.6 is 0 Å². The molecule has 1 aromatic carbocycles. The fraction of sp³-hybridized carbons (Fsp3) is 0.526. The minimum Gasteiger partial charge on any atom is -0.464 e. The number of hydrogen-bond acceptors (Lipinski definition) is 5. The van der Waals surface area contributed by atoms with Crippen LogP contribution in [0.25, 0.3) is 11.0 Å². The molecule has 1 aliphatic heterocycles. The fourth-order valence-corrected chi connectivity index (χ4v) is 5.94. The summed E-state index contributed by atoms with van der Waals surface area (Å²) < 4.78 is 29.3. The number of sulfone groups is 1. The van der Waals surface area contributed by atoms with Gasteiger partial charge in [0.15, 0.2) is 9.84 Å². The first kappa shape index (κ1) is 17.5. The maximum atomic E-state index is 13.0. The molecule has 0 N–H and O–H groups in total. The molecule has 6 nitrogen and oxygen atoms in total. The normalized spacial score (nSPS) is 21.4. The molecule has 0 radical (unpaired) electrons. The van der Waals surface area contributed by atoms with Crippen LogP contribution in [0.4, 0.5) is 0 Å². The summed E-state index contributed by atoms with van der Waals surface area (Å²) in [6, 6.07) is 3.97. The summed E-state index contributed by atoms with van der Waals surface area (Å²) >= 11 is 0. The van der Waals surface area contributed by atoms with Crippen LogP contribution in [0.15, 0.2) is 22.8 Å². The molecule has 2 heterocycles. The molecule has 1 aromatic heterocycles. The molecule has 26 heavy (non-hydrogen) atoms. The molecule has 1 amide bonds. The predicted molar refractivity (Wildman–Crippen MR) is 99.5 cm³/mol. The average Bonchev–Trinajstić information content (AvgIpc) is 3.25. The third-order valence-corrected chi connectivity index (χ3v) is 7.20. The molecule has 140 valence electrons. The van der Waals surface area contributed by atoms with E-state index >= 15 is 0 Å². The third kappa shape index (κ3) is 3.14. The van der Waals surface area contributed by atoms with E-state index in [1.54, 1.807) is 30.4 Å². The van der Waals surface area contributed by atoms with Gasteiger partial charge in [-0.15, -0.1) is 0 Å². The van der Waals surface area contributed by atoms with E-state index in [-0.39, 0.29) is 29.9 Å². The zero-order chi connectivity index (χ0) is 18.5. The van der Waals surface area contributed by atoms with Crippen molar-refractivity contribution in [2.75, 3.05) is 25.6 Å². The molecule has 2 aliphatic rings. The number of carbonyl (C=O) groups is 1. The van der Waals surface area contributed by atoms with Crippen molar-refractivity contribution in [1.29, 1.82) is 0 Å². The molecule has 0 bridgehead atoms. The minimum absolute atomic E-state index is 0.0383. The molecule has 2 aromatic rings. The molecule has 1 fully saturated rings. The van der Waals surface area contributed by atoms with Crippen molar-refractivity contribution in [3.05, 3.63) is 35.1 Å². The third-order valence-electron chi connectivity index (χ3n) is 5.45. The number of carbonyl (C=O) groups excluding carboxylic acids is 1. The second-order valence-corrected chi connectivity index (χ2v) is 9.78. The summed E-state index contributed by atoms with van der Waals surface area (Å²) in [6.45, 7) is 0. The van der Waals surface area contributed by atoms with Gasteiger partial charge in [0.05, 0.1) is 30.2 Å². The highest BCUT2D eigenvalue weighted by Crippen LogP contribution is 2.31. The van der Waals surface area contributed by atoms with Crippen molar-refractivity contribution in [3.8, 4) is 0 Å². The van der Waals surface area contributed by atoms with Crippen molar-refractivity contribution in [2.45, 2.75) is 38.1 Å². The Hall–Kier alpha value is -1.86. The number of nitrogens with zero attached hydrogens (tertiary/aromatic N) is 2. The number of benzene rings is 1. The maximum Gasteiger partial charge on any atom is 0.241 e. The Morgan fingerprint density at radius 3 is 2.62 bits per heavy atom. The zero-order valence-electron chi connectivity index (χ0n) is 15.2. The van der Waals surface area contributed by atoms with Gasteiger partial charge in [0.25, 0.3) is 0 Å². The Morgan fingerprint density at radius 1 is 1.23 bits per heavy atom. The Morgan fingerprint density at radius 2 is 1.96 bits per heavy atom. The van der Waals surface area contributed by atoms with Gasteiger partial charge >= 0.3 is 0 Å². The monoisotopic (exact) mass is 376 g/mol. The van der Waals surface area contributed by atoms with Crippen molar-refractivity contribution in [2.24, 2.45) is 0 Å². The predicted octanol–water partition coefficient (Wildman–Crippen LogP) is 1.96. The lowest BCUT2D eigenvalue weighted by molar-refractivity contribution is -0.148. The Balaban J connectivity index is 1.59. The Labute approximate surface area is 153 Å². The maximum absolute atomic E-state index is 13.0. The van der Waals surface area contributed by atoms with E-state index in [2.05, 4.69) is 12.1 Å². The smallest absolute Gasteiger partial charge is 0.241 e. The van der Waals surface area contributed by atoms with E-state index < -0.39 is 9.84 Å². The second-order valence-electron chi connectivity index (χ2n) is 7.55. The molecule has 1 saturated heterocycles. The minimum atomic E-state index is -3.05. The van der Waals surface area contributed by atoms with Crippen molar-refractivity contribution in [3.63, 3.8) is 0 Å². The van der Waals surface area contributed by atoms with Gasteiger partial charge in [0.1, 0.15) is 5.58 Å². The average molecular weight is 376 g/mol. The molecule has 7 heteroatoms. The first-order valence-electron chi connectivity index (χ1n) is 9.05. The van der Waals surface area contributed by atoms with Crippen LogP contribution in [0.3, 0.4) is 0 Å². The summed E-state index contributed by atoms with van der Waals surface area (Å²) in [7, 11) is 0.512. The topological polar surface area (TPSA) is 70.8 Å². The number of rotatable bonds is 4. The van der Waals surface area contributed by atoms with Gasteiger partial charge in [-0.25, -0.2) is 13.4 Å². The second kappa shape index (κ2) is 6.39. The molecule has 1 aliphatic carbocycles. The summed E-state index contributed by atoms with van der Waals surface area (Å²) in [5.74, 6) is 0.0902. The number of hydrazine groups is 1. The highest BCUT2D eigenvalue weighted by Gasteiger charge is 2.36. The lowest BCUT2D eigenvalue weighted by Gasteiger charge is -2.33. The lowest BCUT2D eigenvalue weighted by Crippen LogP contribution is -2.49. The van der Waals surface area contributed by atoms with Crippen LogP contribution in [0, 0.1) is 0 Å². The van der Waals surface area contributed by atoms with E-state index in [1.807, 2.05) is 0 Å². The largest absolute Gasteiger partial charge is 0.464 e. The summed E-state index contributed by atoms with van der Waals surface area (Å²) in [4.78, 5) is 13.0.